The van der Waals surface area contributed by atoms with Crippen LogP contribution >= 0.6 is 0 Å². The standard InChI is InChI=1S/C10H13FN2/c11-9-6-12-7-13-10(9)8-4-2-1-3-5-8/h6-8H,1-5H2. The molecule has 13 heavy (non-hydrogen) atoms. The summed E-state index contributed by atoms with van der Waals surface area (Å²) in [5, 5.41) is 0. The summed E-state index contributed by atoms with van der Waals surface area (Å²) in [5.74, 6) is 0.0890. The summed E-state index contributed by atoms with van der Waals surface area (Å²) < 4.78 is 13.2. The topological polar surface area (TPSA) is 25.8 Å². The number of hydrogen-bond acceptors (Lipinski definition) is 2. The van der Waals surface area contributed by atoms with E-state index < -0.39 is 0 Å². The van der Waals surface area contributed by atoms with E-state index in [2.05, 4.69) is 9.97 Å². The lowest BCUT2D eigenvalue weighted by molar-refractivity contribution is 0.419. The third-order valence-electron chi connectivity index (χ3n) is 2.69. The van der Waals surface area contributed by atoms with E-state index in [1.807, 2.05) is 0 Å². The minimum atomic E-state index is -0.241. The lowest BCUT2D eigenvalue weighted by atomic mass is 9.87. The molecule has 1 heterocycles. The van der Waals surface area contributed by atoms with E-state index in [0.29, 0.717) is 11.6 Å². The average molecular weight is 180 g/mol. The maximum absolute atomic E-state index is 13.2. The van der Waals surface area contributed by atoms with Crippen LogP contribution in [0, 0.1) is 5.82 Å². The molecule has 1 aliphatic rings. The quantitative estimate of drug-likeness (QED) is 0.664. The van der Waals surface area contributed by atoms with Gasteiger partial charge in [0.25, 0.3) is 0 Å². The van der Waals surface area contributed by atoms with Crippen LogP contribution in [0.2, 0.25) is 0 Å². The van der Waals surface area contributed by atoms with Gasteiger partial charge in [0.15, 0.2) is 5.82 Å². The molecule has 1 aliphatic carbocycles. The van der Waals surface area contributed by atoms with Crippen molar-refractivity contribution in [2.45, 2.75) is 38.0 Å². The highest BCUT2D eigenvalue weighted by Crippen LogP contribution is 2.32. The monoisotopic (exact) mass is 180 g/mol. The van der Waals surface area contributed by atoms with Gasteiger partial charge in [-0.05, 0) is 12.8 Å². The summed E-state index contributed by atoms with van der Waals surface area (Å²) >= 11 is 0. The third-order valence-corrected chi connectivity index (χ3v) is 2.69. The zero-order valence-electron chi connectivity index (χ0n) is 7.54. The molecule has 3 heteroatoms. The predicted molar refractivity (Wildman–Crippen MR) is 47.8 cm³/mol. The van der Waals surface area contributed by atoms with Gasteiger partial charge in [-0.3, -0.25) is 0 Å². The van der Waals surface area contributed by atoms with Crippen molar-refractivity contribution in [1.29, 1.82) is 0 Å². The van der Waals surface area contributed by atoms with Gasteiger partial charge in [-0.2, -0.15) is 0 Å². The molecule has 1 saturated carbocycles. The van der Waals surface area contributed by atoms with Crippen molar-refractivity contribution >= 4 is 0 Å². The average Bonchev–Trinajstić information content (AvgIpc) is 2.20. The Bertz CT molecular complexity index is 282. The Morgan fingerprint density at radius 3 is 2.69 bits per heavy atom. The fourth-order valence-electron chi connectivity index (χ4n) is 2.00. The van der Waals surface area contributed by atoms with E-state index in [1.54, 1.807) is 0 Å². The zero-order chi connectivity index (χ0) is 9.10. The predicted octanol–water partition coefficient (Wildman–Crippen LogP) is 2.66. The molecule has 0 bridgehead atoms. The molecule has 0 amide bonds. The summed E-state index contributed by atoms with van der Waals surface area (Å²) in [6, 6.07) is 0. The highest BCUT2D eigenvalue weighted by atomic mass is 19.1. The second-order valence-electron chi connectivity index (χ2n) is 3.59. The minimum Gasteiger partial charge on any atom is -0.242 e. The summed E-state index contributed by atoms with van der Waals surface area (Å²) in [7, 11) is 0. The van der Waals surface area contributed by atoms with E-state index in [1.165, 1.54) is 31.8 Å². The van der Waals surface area contributed by atoms with Crippen molar-refractivity contribution in [2.24, 2.45) is 0 Å². The Morgan fingerprint density at radius 1 is 1.23 bits per heavy atom. The molecule has 0 saturated heterocycles. The van der Waals surface area contributed by atoms with Crippen LogP contribution in [-0.2, 0) is 0 Å². The molecule has 2 rings (SSSR count). The van der Waals surface area contributed by atoms with Crippen LogP contribution < -0.4 is 0 Å². The largest absolute Gasteiger partial charge is 0.242 e. The van der Waals surface area contributed by atoms with Crippen LogP contribution in [-0.4, -0.2) is 9.97 Å². The number of rotatable bonds is 1. The lowest BCUT2D eigenvalue weighted by Crippen LogP contribution is -2.08. The van der Waals surface area contributed by atoms with Crippen molar-refractivity contribution in [3.63, 3.8) is 0 Å². The Balaban J connectivity index is 2.18. The normalized spacial score (nSPS) is 18.8. The number of nitrogens with zero attached hydrogens (tertiary/aromatic N) is 2. The van der Waals surface area contributed by atoms with Gasteiger partial charge in [0.2, 0.25) is 0 Å². The molecule has 0 unspecified atom stereocenters. The number of hydrogen-bond donors (Lipinski definition) is 0. The van der Waals surface area contributed by atoms with Crippen LogP contribution in [0.1, 0.15) is 43.7 Å². The third kappa shape index (κ3) is 1.85. The number of aromatic nitrogens is 2. The van der Waals surface area contributed by atoms with Crippen LogP contribution in [0.5, 0.6) is 0 Å². The SMILES string of the molecule is Fc1cncnc1C1CCCCC1. The van der Waals surface area contributed by atoms with Gasteiger partial charge in [-0.15, -0.1) is 0 Å². The van der Waals surface area contributed by atoms with E-state index >= 15 is 0 Å². The first-order chi connectivity index (χ1) is 6.38. The maximum atomic E-state index is 13.2. The van der Waals surface area contributed by atoms with Crippen LogP contribution in [0.15, 0.2) is 12.5 Å². The van der Waals surface area contributed by atoms with E-state index in [0.717, 1.165) is 12.8 Å². The van der Waals surface area contributed by atoms with Crippen molar-refractivity contribution in [3.8, 4) is 0 Å². The van der Waals surface area contributed by atoms with Gasteiger partial charge in [0, 0.05) is 5.92 Å². The van der Waals surface area contributed by atoms with Crippen LogP contribution in [0.4, 0.5) is 4.39 Å². The summed E-state index contributed by atoms with van der Waals surface area (Å²) in [5.41, 5.74) is 0.620. The van der Waals surface area contributed by atoms with Crippen molar-refractivity contribution in [3.05, 3.63) is 24.0 Å². The van der Waals surface area contributed by atoms with Gasteiger partial charge in [-0.25, -0.2) is 14.4 Å². The summed E-state index contributed by atoms with van der Waals surface area (Å²) in [4.78, 5) is 7.67. The summed E-state index contributed by atoms with van der Waals surface area (Å²) in [6.07, 6.45) is 8.54. The van der Waals surface area contributed by atoms with E-state index in [-0.39, 0.29) is 5.82 Å². The molecular weight excluding hydrogens is 167 g/mol. The van der Waals surface area contributed by atoms with Gasteiger partial charge < -0.3 is 0 Å². The molecule has 0 aromatic carbocycles. The molecular formula is C10H13FN2. The van der Waals surface area contributed by atoms with Crippen molar-refractivity contribution in [2.75, 3.05) is 0 Å². The summed E-state index contributed by atoms with van der Waals surface area (Å²) in [6.45, 7) is 0. The molecule has 0 aliphatic heterocycles. The van der Waals surface area contributed by atoms with Crippen molar-refractivity contribution < 1.29 is 4.39 Å². The van der Waals surface area contributed by atoms with E-state index in [9.17, 15) is 4.39 Å². The molecule has 70 valence electrons. The molecule has 0 N–H and O–H groups in total. The first kappa shape index (κ1) is 8.60. The zero-order valence-corrected chi connectivity index (χ0v) is 7.54. The minimum absolute atomic E-state index is 0.241. The Hall–Kier alpha value is -0.990. The molecule has 0 atom stereocenters. The van der Waals surface area contributed by atoms with Gasteiger partial charge in [0.1, 0.15) is 6.33 Å². The van der Waals surface area contributed by atoms with Gasteiger partial charge in [0.05, 0.1) is 11.9 Å². The Kier molecular flexibility index (Phi) is 2.52. The lowest BCUT2D eigenvalue weighted by Gasteiger charge is -2.20. The Morgan fingerprint density at radius 2 is 2.00 bits per heavy atom. The fourth-order valence-corrected chi connectivity index (χ4v) is 2.00. The second kappa shape index (κ2) is 3.81. The molecule has 1 fully saturated rings. The Labute approximate surface area is 77.2 Å². The smallest absolute Gasteiger partial charge is 0.163 e. The first-order valence-corrected chi connectivity index (χ1v) is 4.83. The molecule has 0 spiro atoms. The molecule has 0 radical (unpaired) electrons. The highest BCUT2D eigenvalue weighted by molar-refractivity contribution is 5.09. The molecule has 1 aromatic rings. The van der Waals surface area contributed by atoms with Crippen LogP contribution in [0.3, 0.4) is 0 Å². The maximum Gasteiger partial charge on any atom is 0.163 e. The molecule has 1 aromatic heterocycles. The van der Waals surface area contributed by atoms with Gasteiger partial charge >= 0.3 is 0 Å². The molecule has 2 nitrogen and oxygen atoms in total. The highest BCUT2D eigenvalue weighted by Gasteiger charge is 2.19. The second-order valence-corrected chi connectivity index (χ2v) is 3.59. The number of halogens is 1. The van der Waals surface area contributed by atoms with Crippen molar-refractivity contribution in [1.82, 2.24) is 9.97 Å². The van der Waals surface area contributed by atoms with Crippen LogP contribution in [0.25, 0.3) is 0 Å². The fraction of sp³-hybridized carbons (Fsp3) is 0.600. The van der Waals surface area contributed by atoms with E-state index in [4.69, 9.17) is 0 Å². The first-order valence-electron chi connectivity index (χ1n) is 4.83. The van der Waals surface area contributed by atoms with Gasteiger partial charge in [-0.1, -0.05) is 19.3 Å².